The highest BCUT2D eigenvalue weighted by Gasteiger charge is 2.52. The van der Waals surface area contributed by atoms with Crippen molar-refractivity contribution in [2.45, 2.75) is 65.3 Å². The molecule has 0 radical (unpaired) electrons. The van der Waals surface area contributed by atoms with Gasteiger partial charge in [0.25, 0.3) is 5.91 Å². The minimum atomic E-state index is -1.55. The summed E-state index contributed by atoms with van der Waals surface area (Å²) in [6.07, 6.45) is -5.58. The van der Waals surface area contributed by atoms with Gasteiger partial charge in [0.05, 0.1) is 5.56 Å². The highest BCUT2D eigenvalue weighted by molar-refractivity contribution is 5.97. The van der Waals surface area contributed by atoms with Gasteiger partial charge < -0.3 is 33.7 Å². The van der Waals surface area contributed by atoms with Crippen LogP contribution in [-0.4, -0.2) is 73.0 Å². The summed E-state index contributed by atoms with van der Waals surface area (Å²) in [7, 11) is 0. The number of hydrogen-bond acceptors (Lipinski definition) is 12. The molecular weight excluding hydrogens is 482 g/mol. The molecule has 0 aliphatic carbocycles. The molecule has 0 spiro atoms. The quantitative estimate of drug-likeness (QED) is 0.292. The number of carbonyl (C=O) groups excluding carboxylic acids is 6. The lowest BCUT2D eigenvalue weighted by Crippen LogP contribution is -2.67. The zero-order valence-corrected chi connectivity index (χ0v) is 20.3. The highest BCUT2D eigenvalue weighted by Crippen LogP contribution is 2.29. The lowest BCUT2D eigenvalue weighted by atomic mass is 9.95. The molecule has 1 fully saturated rings. The number of nitrogens with one attached hydrogen (secondary N) is 1. The Hall–Kier alpha value is -4.00. The van der Waals surface area contributed by atoms with E-state index in [0.29, 0.717) is 0 Å². The molecule has 13 heteroatoms. The Morgan fingerprint density at radius 2 is 1.36 bits per heavy atom. The molecule has 1 heterocycles. The third kappa shape index (κ3) is 8.05. The largest absolute Gasteiger partial charge is 0.463 e. The molecule has 1 aromatic rings. The molecule has 1 aromatic carbocycles. The van der Waals surface area contributed by atoms with Gasteiger partial charge in [-0.05, 0) is 12.1 Å². The van der Waals surface area contributed by atoms with E-state index in [1.165, 1.54) is 18.2 Å². The van der Waals surface area contributed by atoms with Crippen LogP contribution in [-0.2, 0) is 47.7 Å². The Bertz CT molecular complexity index is 1020. The second kappa shape index (κ2) is 12.6. The molecule has 0 unspecified atom stereocenters. The molecule has 1 aliphatic heterocycles. The fourth-order valence-corrected chi connectivity index (χ4v) is 3.45. The van der Waals surface area contributed by atoms with Gasteiger partial charge in [0.2, 0.25) is 6.29 Å². The van der Waals surface area contributed by atoms with Gasteiger partial charge >= 0.3 is 29.8 Å². The normalized spacial score (nSPS) is 23.0. The summed E-state index contributed by atoms with van der Waals surface area (Å²) in [4.78, 5) is 71.6. The van der Waals surface area contributed by atoms with E-state index < -0.39 is 73.0 Å². The fraction of sp³-hybridized carbons (Fsp3) is 0.478. The molecule has 0 aromatic heterocycles. The highest BCUT2D eigenvalue weighted by atomic mass is 16.7. The number of esters is 5. The maximum absolute atomic E-state index is 13.2. The van der Waals surface area contributed by atoms with Crippen LogP contribution in [0.3, 0.4) is 0 Å². The van der Waals surface area contributed by atoms with Crippen molar-refractivity contribution in [2.75, 3.05) is 6.61 Å². The Balaban J connectivity index is 2.50. The summed E-state index contributed by atoms with van der Waals surface area (Å²) in [5, 5.41) is 2.54. The van der Waals surface area contributed by atoms with Crippen LogP contribution < -0.4 is 10.1 Å². The summed E-state index contributed by atoms with van der Waals surface area (Å²) >= 11 is 0. The maximum atomic E-state index is 13.2. The minimum absolute atomic E-state index is 0.0587. The summed E-state index contributed by atoms with van der Waals surface area (Å²) in [6, 6.07) is 4.42. The molecule has 5 atom stereocenters. The van der Waals surface area contributed by atoms with E-state index in [1.54, 1.807) is 6.07 Å². The van der Waals surface area contributed by atoms with Crippen molar-refractivity contribution in [3.05, 3.63) is 29.8 Å². The van der Waals surface area contributed by atoms with Gasteiger partial charge in [-0.25, -0.2) is 0 Å². The first-order valence-corrected chi connectivity index (χ1v) is 10.8. The lowest BCUT2D eigenvalue weighted by Gasteiger charge is -2.44. The predicted molar refractivity (Wildman–Crippen MR) is 117 cm³/mol. The summed E-state index contributed by atoms with van der Waals surface area (Å²) < 4.78 is 31.6. The summed E-state index contributed by atoms with van der Waals surface area (Å²) in [5.41, 5.74) is -0.0677. The number of carbonyl (C=O) groups is 6. The third-order valence-electron chi connectivity index (χ3n) is 4.67. The molecule has 1 N–H and O–H groups in total. The van der Waals surface area contributed by atoms with E-state index in [0.717, 1.165) is 34.6 Å². The second-order valence-corrected chi connectivity index (χ2v) is 7.69. The van der Waals surface area contributed by atoms with E-state index in [9.17, 15) is 28.8 Å². The van der Waals surface area contributed by atoms with Gasteiger partial charge in [0.1, 0.15) is 24.5 Å². The van der Waals surface area contributed by atoms with Crippen molar-refractivity contribution in [1.82, 2.24) is 5.32 Å². The number of para-hydroxylation sites is 1. The minimum Gasteiger partial charge on any atom is -0.463 e. The van der Waals surface area contributed by atoms with Crippen molar-refractivity contribution < 1.29 is 57.2 Å². The molecule has 13 nitrogen and oxygen atoms in total. The Labute approximate surface area is 206 Å². The Kier molecular flexibility index (Phi) is 9.91. The maximum Gasteiger partial charge on any atom is 0.308 e. The van der Waals surface area contributed by atoms with Gasteiger partial charge in [-0.2, -0.15) is 0 Å². The Morgan fingerprint density at radius 3 is 1.92 bits per heavy atom. The number of amides is 1. The zero-order valence-electron chi connectivity index (χ0n) is 20.3. The monoisotopic (exact) mass is 509 g/mol. The third-order valence-corrected chi connectivity index (χ3v) is 4.67. The first kappa shape index (κ1) is 28.2. The van der Waals surface area contributed by atoms with E-state index in [4.69, 9.17) is 28.4 Å². The van der Waals surface area contributed by atoms with Crippen molar-refractivity contribution >= 4 is 35.8 Å². The zero-order chi connectivity index (χ0) is 27.0. The second-order valence-electron chi connectivity index (χ2n) is 7.69. The number of hydrogen-bond donors (Lipinski definition) is 1. The van der Waals surface area contributed by atoms with Crippen LogP contribution in [0, 0.1) is 0 Å². The van der Waals surface area contributed by atoms with Crippen molar-refractivity contribution in [3.8, 4) is 5.75 Å². The SMILES string of the molecule is CC(=O)OC[C@@H]1O[C@H](OC(C)=O)[C@H](NC(=O)c2ccccc2OC(C)=O)[C@H](OC(C)=O)[C@@H]1OC(C)=O. The molecular formula is C23H27NO12. The Morgan fingerprint density at radius 1 is 0.778 bits per heavy atom. The van der Waals surface area contributed by atoms with E-state index in [-0.39, 0.29) is 11.3 Å². The summed E-state index contributed by atoms with van der Waals surface area (Å²) in [5.74, 6) is -4.62. The molecule has 1 aliphatic rings. The van der Waals surface area contributed by atoms with Gasteiger partial charge in [-0.15, -0.1) is 0 Å². The molecule has 0 saturated carbocycles. The molecule has 196 valence electrons. The predicted octanol–water partition coefficient (Wildman–Crippen LogP) is 0.425. The van der Waals surface area contributed by atoms with Crippen LogP contribution >= 0.6 is 0 Å². The first-order chi connectivity index (χ1) is 16.9. The van der Waals surface area contributed by atoms with Crippen LogP contribution in [0.15, 0.2) is 24.3 Å². The number of ether oxygens (including phenoxy) is 6. The van der Waals surface area contributed by atoms with Crippen LogP contribution in [0.4, 0.5) is 0 Å². The average Bonchev–Trinajstić information content (AvgIpc) is 2.75. The average molecular weight is 509 g/mol. The number of rotatable bonds is 8. The summed E-state index contributed by atoms with van der Waals surface area (Å²) in [6.45, 7) is 5.10. The van der Waals surface area contributed by atoms with Crippen molar-refractivity contribution in [1.29, 1.82) is 0 Å². The van der Waals surface area contributed by atoms with Gasteiger partial charge in [0, 0.05) is 34.6 Å². The standard InChI is InChI=1S/C23H27NO12/c1-11(25)31-10-18-20(33-13(3)27)21(34-14(4)28)19(23(36-18)35-15(5)29)24-22(30)16-8-6-7-9-17(16)32-12(2)26/h6-9,18-21,23H,10H2,1-5H3,(H,24,30)/t18-,19+,20+,21-,23-/m0/s1. The molecule has 2 rings (SSSR count). The van der Waals surface area contributed by atoms with Crippen molar-refractivity contribution in [3.63, 3.8) is 0 Å². The van der Waals surface area contributed by atoms with E-state index in [1.807, 2.05) is 0 Å². The van der Waals surface area contributed by atoms with E-state index in [2.05, 4.69) is 5.32 Å². The van der Waals surface area contributed by atoms with Gasteiger partial charge in [0.15, 0.2) is 12.2 Å². The van der Waals surface area contributed by atoms with Crippen LogP contribution in [0.25, 0.3) is 0 Å². The topological polar surface area (TPSA) is 170 Å². The smallest absolute Gasteiger partial charge is 0.308 e. The molecule has 1 saturated heterocycles. The number of benzene rings is 1. The van der Waals surface area contributed by atoms with Crippen LogP contribution in [0.2, 0.25) is 0 Å². The lowest BCUT2D eigenvalue weighted by molar-refractivity contribution is -0.270. The van der Waals surface area contributed by atoms with Gasteiger partial charge in [-0.1, -0.05) is 12.1 Å². The molecule has 1 amide bonds. The van der Waals surface area contributed by atoms with Crippen LogP contribution in [0.5, 0.6) is 5.75 Å². The molecule has 36 heavy (non-hydrogen) atoms. The van der Waals surface area contributed by atoms with Crippen LogP contribution in [0.1, 0.15) is 45.0 Å². The first-order valence-electron chi connectivity index (χ1n) is 10.8. The van der Waals surface area contributed by atoms with E-state index >= 15 is 0 Å². The fourth-order valence-electron chi connectivity index (χ4n) is 3.45. The van der Waals surface area contributed by atoms with Crippen molar-refractivity contribution in [2.24, 2.45) is 0 Å². The molecule has 0 bridgehead atoms. The van der Waals surface area contributed by atoms with Gasteiger partial charge in [-0.3, -0.25) is 28.8 Å².